The van der Waals surface area contributed by atoms with Gasteiger partial charge in [-0.1, -0.05) is 29.3 Å². The summed E-state index contributed by atoms with van der Waals surface area (Å²) < 4.78 is 0. The molecule has 0 bridgehead atoms. The molecule has 3 rings (SSSR count). The summed E-state index contributed by atoms with van der Waals surface area (Å²) >= 11 is 11.8. The highest BCUT2D eigenvalue weighted by molar-refractivity contribution is 6.30. The van der Waals surface area contributed by atoms with E-state index in [1.165, 1.54) is 5.69 Å². The molecule has 1 aromatic carbocycles. The first kappa shape index (κ1) is 13.5. The average Bonchev–Trinajstić information content (AvgIpc) is 2.48. The third-order valence-corrected chi connectivity index (χ3v) is 3.83. The van der Waals surface area contributed by atoms with E-state index in [0.717, 1.165) is 37.0 Å². The zero-order valence-corrected chi connectivity index (χ0v) is 12.3. The van der Waals surface area contributed by atoms with Gasteiger partial charge in [0.05, 0.1) is 0 Å². The van der Waals surface area contributed by atoms with Crippen molar-refractivity contribution in [1.82, 2.24) is 10.2 Å². The van der Waals surface area contributed by atoms with Crippen LogP contribution < -0.4 is 9.80 Å². The van der Waals surface area contributed by atoms with Gasteiger partial charge < -0.3 is 9.80 Å². The lowest BCUT2D eigenvalue weighted by Gasteiger charge is -2.36. The molecule has 1 fully saturated rings. The molecule has 0 N–H and O–H groups in total. The Kier molecular flexibility index (Phi) is 3.94. The number of aromatic nitrogens is 2. The molecule has 104 valence electrons. The van der Waals surface area contributed by atoms with Gasteiger partial charge in [0.25, 0.3) is 0 Å². The normalized spacial score (nSPS) is 15.5. The quantitative estimate of drug-likeness (QED) is 0.853. The number of nitrogens with zero attached hydrogens (tertiary/aromatic N) is 4. The molecule has 2 heterocycles. The molecule has 0 aliphatic carbocycles. The number of hydrogen-bond donors (Lipinski definition) is 0. The SMILES string of the molecule is Clc1cccc(N2CCN(c3ccc(Cl)nn3)CC2)c1. The summed E-state index contributed by atoms with van der Waals surface area (Å²) in [6.07, 6.45) is 0. The molecular weight excluding hydrogens is 295 g/mol. The number of hydrogen-bond acceptors (Lipinski definition) is 4. The Morgan fingerprint density at radius 2 is 1.60 bits per heavy atom. The topological polar surface area (TPSA) is 32.3 Å². The standard InChI is InChI=1S/C14H14Cl2N4/c15-11-2-1-3-12(10-11)19-6-8-20(9-7-19)14-5-4-13(16)17-18-14/h1-5,10H,6-9H2. The van der Waals surface area contributed by atoms with Crippen LogP contribution in [0.25, 0.3) is 0 Å². The Balaban J connectivity index is 1.66. The van der Waals surface area contributed by atoms with Crippen molar-refractivity contribution in [2.75, 3.05) is 36.0 Å². The molecule has 2 aromatic rings. The minimum atomic E-state index is 0.423. The van der Waals surface area contributed by atoms with Crippen molar-refractivity contribution in [2.24, 2.45) is 0 Å². The molecule has 0 unspecified atom stereocenters. The van der Waals surface area contributed by atoms with Crippen LogP contribution in [-0.4, -0.2) is 36.4 Å². The second-order valence-electron chi connectivity index (χ2n) is 4.67. The van der Waals surface area contributed by atoms with Crippen molar-refractivity contribution in [2.45, 2.75) is 0 Å². The van der Waals surface area contributed by atoms with E-state index in [9.17, 15) is 0 Å². The van der Waals surface area contributed by atoms with Gasteiger partial charge in [0.15, 0.2) is 11.0 Å². The van der Waals surface area contributed by atoms with Crippen LogP contribution in [0.4, 0.5) is 11.5 Å². The van der Waals surface area contributed by atoms with Gasteiger partial charge in [0.1, 0.15) is 0 Å². The van der Waals surface area contributed by atoms with Crippen molar-refractivity contribution >= 4 is 34.7 Å². The van der Waals surface area contributed by atoms with E-state index in [1.54, 1.807) is 6.07 Å². The lowest BCUT2D eigenvalue weighted by Crippen LogP contribution is -2.46. The van der Waals surface area contributed by atoms with Crippen LogP contribution in [0.3, 0.4) is 0 Å². The molecule has 20 heavy (non-hydrogen) atoms. The molecule has 6 heteroatoms. The predicted molar refractivity (Wildman–Crippen MR) is 82.9 cm³/mol. The number of halogens is 2. The molecule has 0 radical (unpaired) electrons. The van der Waals surface area contributed by atoms with Gasteiger partial charge in [-0.05, 0) is 30.3 Å². The molecule has 0 saturated carbocycles. The van der Waals surface area contributed by atoms with Crippen molar-refractivity contribution < 1.29 is 0 Å². The van der Waals surface area contributed by atoms with Crippen LogP contribution in [0, 0.1) is 0 Å². The minimum Gasteiger partial charge on any atom is -0.368 e. The van der Waals surface area contributed by atoms with Crippen LogP contribution in [0.2, 0.25) is 10.2 Å². The Morgan fingerprint density at radius 1 is 0.850 bits per heavy atom. The van der Waals surface area contributed by atoms with E-state index in [0.29, 0.717) is 5.15 Å². The van der Waals surface area contributed by atoms with Crippen molar-refractivity contribution in [3.05, 3.63) is 46.6 Å². The van der Waals surface area contributed by atoms with E-state index in [-0.39, 0.29) is 0 Å². The molecule has 4 nitrogen and oxygen atoms in total. The van der Waals surface area contributed by atoms with Gasteiger partial charge in [-0.2, -0.15) is 0 Å². The third kappa shape index (κ3) is 2.97. The van der Waals surface area contributed by atoms with Crippen LogP contribution in [-0.2, 0) is 0 Å². The largest absolute Gasteiger partial charge is 0.368 e. The molecule has 0 amide bonds. The molecule has 1 aliphatic heterocycles. The number of piperazine rings is 1. The van der Waals surface area contributed by atoms with Crippen LogP contribution in [0.5, 0.6) is 0 Å². The highest BCUT2D eigenvalue weighted by atomic mass is 35.5. The predicted octanol–water partition coefficient (Wildman–Crippen LogP) is 3.11. The highest BCUT2D eigenvalue weighted by Gasteiger charge is 2.18. The smallest absolute Gasteiger partial charge is 0.151 e. The summed E-state index contributed by atoms with van der Waals surface area (Å²) in [6, 6.07) is 11.6. The summed E-state index contributed by atoms with van der Waals surface area (Å²) in [7, 11) is 0. The molecule has 0 atom stereocenters. The average molecular weight is 309 g/mol. The van der Waals surface area contributed by atoms with Gasteiger partial charge in [0.2, 0.25) is 0 Å². The number of anilines is 2. The first-order valence-corrected chi connectivity index (χ1v) is 7.23. The summed E-state index contributed by atoms with van der Waals surface area (Å²) in [5.74, 6) is 0.875. The van der Waals surface area contributed by atoms with Crippen LogP contribution in [0.15, 0.2) is 36.4 Å². The summed E-state index contributed by atoms with van der Waals surface area (Å²) in [5.41, 5.74) is 1.17. The maximum Gasteiger partial charge on any atom is 0.151 e. The Labute approximate surface area is 127 Å². The van der Waals surface area contributed by atoms with Gasteiger partial charge in [0, 0.05) is 36.9 Å². The van der Waals surface area contributed by atoms with E-state index >= 15 is 0 Å². The summed E-state index contributed by atoms with van der Waals surface area (Å²) in [4.78, 5) is 4.54. The maximum absolute atomic E-state index is 6.04. The fraction of sp³-hybridized carbons (Fsp3) is 0.286. The molecule has 1 saturated heterocycles. The summed E-state index contributed by atoms with van der Waals surface area (Å²) in [5, 5.41) is 9.20. The highest BCUT2D eigenvalue weighted by Crippen LogP contribution is 2.22. The molecular formula is C14H14Cl2N4. The third-order valence-electron chi connectivity index (χ3n) is 3.39. The van der Waals surface area contributed by atoms with Crippen LogP contribution in [0.1, 0.15) is 0 Å². The molecule has 1 aromatic heterocycles. The summed E-state index contributed by atoms with van der Waals surface area (Å²) in [6.45, 7) is 3.68. The monoisotopic (exact) mass is 308 g/mol. The van der Waals surface area contributed by atoms with E-state index in [4.69, 9.17) is 23.2 Å². The minimum absolute atomic E-state index is 0.423. The fourth-order valence-electron chi connectivity index (χ4n) is 2.34. The van der Waals surface area contributed by atoms with Gasteiger partial charge >= 0.3 is 0 Å². The van der Waals surface area contributed by atoms with Crippen molar-refractivity contribution in [1.29, 1.82) is 0 Å². The fourth-order valence-corrected chi connectivity index (χ4v) is 2.63. The first-order chi connectivity index (χ1) is 9.72. The number of benzene rings is 1. The van der Waals surface area contributed by atoms with Crippen molar-refractivity contribution in [3.8, 4) is 0 Å². The lowest BCUT2D eigenvalue weighted by molar-refractivity contribution is 0.643. The number of rotatable bonds is 2. The molecule has 1 aliphatic rings. The van der Waals surface area contributed by atoms with Gasteiger partial charge in [-0.15, -0.1) is 10.2 Å². The van der Waals surface area contributed by atoms with Crippen molar-refractivity contribution in [3.63, 3.8) is 0 Å². The first-order valence-electron chi connectivity index (χ1n) is 6.47. The van der Waals surface area contributed by atoms with E-state index < -0.39 is 0 Å². The maximum atomic E-state index is 6.04. The Hall–Kier alpha value is -1.52. The zero-order valence-electron chi connectivity index (χ0n) is 10.8. The Morgan fingerprint density at radius 3 is 2.25 bits per heavy atom. The van der Waals surface area contributed by atoms with E-state index in [1.807, 2.05) is 24.3 Å². The second kappa shape index (κ2) is 5.85. The lowest BCUT2D eigenvalue weighted by atomic mass is 10.2. The molecule has 0 spiro atoms. The second-order valence-corrected chi connectivity index (χ2v) is 5.49. The zero-order chi connectivity index (χ0) is 13.9. The van der Waals surface area contributed by atoms with Crippen LogP contribution >= 0.6 is 23.2 Å². The van der Waals surface area contributed by atoms with Gasteiger partial charge in [-0.25, -0.2) is 0 Å². The Bertz CT molecular complexity index is 580. The van der Waals surface area contributed by atoms with E-state index in [2.05, 4.69) is 26.1 Å². The van der Waals surface area contributed by atoms with Gasteiger partial charge in [-0.3, -0.25) is 0 Å².